The van der Waals surface area contributed by atoms with E-state index in [1.807, 2.05) is 0 Å². The molecule has 2 aromatic rings. The monoisotopic (exact) mass is 282 g/mol. The Labute approximate surface area is 118 Å². The number of fused-ring (bicyclic) bond motifs is 1. The molecule has 0 saturated heterocycles. The molecule has 0 saturated carbocycles. The van der Waals surface area contributed by atoms with Crippen LogP contribution in [-0.2, 0) is 11.2 Å². The lowest BCUT2D eigenvalue weighted by atomic mass is 10.2. The fourth-order valence-corrected chi connectivity index (χ4v) is 2.95. The molecule has 0 spiro atoms. The molecule has 19 heavy (non-hydrogen) atoms. The number of anilines is 1. The van der Waals surface area contributed by atoms with Crippen LogP contribution in [0, 0.1) is 0 Å². The zero-order valence-corrected chi connectivity index (χ0v) is 12.6. The maximum atomic E-state index is 5.74. The van der Waals surface area contributed by atoms with Gasteiger partial charge in [-0.1, -0.05) is 0 Å². The Morgan fingerprint density at radius 3 is 2.95 bits per heavy atom. The van der Waals surface area contributed by atoms with Crippen LogP contribution in [0.25, 0.3) is 4.96 Å². The average molecular weight is 282 g/mol. The van der Waals surface area contributed by atoms with E-state index in [-0.39, 0.29) is 0 Å². The van der Waals surface area contributed by atoms with Gasteiger partial charge in [-0.25, -0.2) is 4.98 Å². The summed E-state index contributed by atoms with van der Waals surface area (Å²) in [7, 11) is 1.73. The molecule has 0 fully saturated rings. The Kier molecular flexibility index (Phi) is 4.79. The number of methoxy groups -OCH3 is 1. The second-order valence-corrected chi connectivity index (χ2v) is 5.63. The molecule has 2 rings (SSSR count). The van der Waals surface area contributed by atoms with Crippen LogP contribution in [0.5, 0.6) is 0 Å². The van der Waals surface area contributed by atoms with Crippen LogP contribution in [0.1, 0.15) is 19.5 Å². The highest BCUT2D eigenvalue weighted by atomic mass is 32.1. The number of nitrogens with zero attached hydrogens (tertiary/aromatic N) is 3. The number of nitrogens with two attached hydrogens (primary N) is 1. The molecule has 0 atom stereocenters. The largest absolute Gasteiger partial charge is 0.383 e. The smallest absolute Gasteiger partial charge is 0.195 e. The molecule has 5 nitrogen and oxygen atoms in total. The van der Waals surface area contributed by atoms with Crippen LogP contribution < -0.4 is 10.6 Å². The van der Waals surface area contributed by atoms with Crippen LogP contribution in [0.2, 0.25) is 0 Å². The summed E-state index contributed by atoms with van der Waals surface area (Å²) in [5, 5.41) is 2.06. The molecule has 2 aromatic heterocycles. The topological polar surface area (TPSA) is 55.8 Å². The van der Waals surface area contributed by atoms with Crippen LogP contribution >= 0.6 is 11.3 Å². The maximum absolute atomic E-state index is 5.74. The highest BCUT2D eigenvalue weighted by Gasteiger charge is 2.20. The standard InChI is InChI=1S/C13H22N4OS/c1-10(2)16(6-8-18-3)12-11(4-5-14)17-7-9-19-13(17)15-12/h7,9-10H,4-6,8,14H2,1-3H3. The Morgan fingerprint density at radius 2 is 2.32 bits per heavy atom. The fraction of sp³-hybridized carbons (Fsp3) is 0.615. The van der Waals surface area contributed by atoms with E-state index in [9.17, 15) is 0 Å². The highest BCUT2D eigenvalue weighted by molar-refractivity contribution is 7.15. The van der Waals surface area contributed by atoms with Crippen molar-refractivity contribution in [1.82, 2.24) is 9.38 Å². The SMILES string of the molecule is COCCN(c1nc2sccn2c1CCN)C(C)C. The minimum Gasteiger partial charge on any atom is -0.383 e. The summed E-state index contributed by atoms with van der Waals surface area (Å²) >= 11 is 1.65. The molecule has 0 aromatic carbocycles. The Bertz CT molecular complexity index is 520. The van der Waals surface area contributed by atoms with Crippen molar-refractivity contribution in [1.29, 1.82) is 0 Å². The maximum Gasteiger partial charge on any atom is 0.195 e. The van der Waals surface area contributed by atoms with Crippen molar-refractivity contribution in [2.24, 2.45) is 5.73 Å². The van der Waals surface area contributed by atoms with E-state index in [2.05, 4.69) is 34.7 Å². The van der Waals surface area contributed by atoms with Crippen molar-refractivity contribution in [3.05, 3.63) is 17.3 Å². The lowest BCUT2D eigenvalue weighted by molar-refractivity contribution is 0.203. The summed E-state index contributed by atoms with van der Waals surface area (Å²) in [4.78, 5) is 8.08. The quantitative estimate of drug-likeness (QED) is 0.841. The van der Waals surface area contributed by atoms with Gasteiger partial charge >= 0.3 is 0 Å². The third-order valence-corrected chi connectivity index (χ3v) is 3.91. The molecule has 0 aliphatic carbocycles. The molecule has 106 valence electrons. The summed E-state index contributed by atoms with van der Waals surface area (Å²) in [5.41, 5.74) is 6.94. The van der Waals surface area contributed by atoms with E-state index in [1.54, 1.807) is 18.4 Å². The minimum absolute atomic E-state index is 0.385. The van der Waals surface area contributed by atoms with E-state index in [0.717, 1.165) is 23.7 Å². The minimum atomic E-state index is 0.385. The third kappa shape index (κ3) is 2.91. The van der Waals surface area contributed by atoms with Crippen molar-refractivity contribution in [2.45, 2.75) is 26.3 Å². The predicted octanol–water partition coefficient (Wildman–Crippen LogP) is 1.76. The second kappa shape index (κ2) is 6.36. The van der Waals surface area contributed by atoms with E-state index in [4.69, 9.17) is 15.5 Å². The van der Waals surface area contributed by atoms with Gasteiger partial charge in [-0.05, 0) is 20.4 Å². The molecular formula is C13H22N4OS. The van der Waals surface area contributed by atoms with Crippen molar-refractivity contribution < 1.29 is 4.74 Å². The summed E-state index contributed by atoms with van der Waals surface area (Å²) < 4.78 is 7.35. The number of ether oxygens (including phenoxy) is 1. The van der Waals surface area contributed by atoms with Gasteiger partial charge in [0.1, 0.15) is 0 Å². The van der Waals surface area contributed by atoms with Crippen LogP contribution in [0.15, 0.2) is 11.6 Å². The van der Waals surface area contributed by atoms with E-state index in [0.29, 0.717) is 19.2 Å². The lowest BCUT2D eigenvalue weighted by Crippen LogP contribution is -2.35. The Balaban J connectivity index is 2.39. The summed E-state index contributed by atoms with van der Waals surface area (Å²) in [6, 6.07) is 0.385. The number of imidazole rings is 1. The van der Waals surface area contributed by atoms with Crippen molar-refractivity contribution in [3.63, 3.8) is 0 Å². The molecule has 0 bridgehead atoms. The van der Waals surface area contributed by atoms with E-state index >= 15 is 0 Å². The number of aromatic nitrogens is 2. The predicted molar refractivity (Wildman–Crippen MR) is 80.2 cm³/mol. The molecule has 2 heterocycles. The number of rotatable bonds is 7. The first-order valence-electron chi connectivity index (χ1n) is 6.59. The van der Waals surface area contributed by atoms with Gasteiger partial charge in [0.25, 0.3) is 0 Å². The average Bonchev–Trinajstić information content (AvgIpc) is 2.93. The van der Waals surface area contributed by atoms with Crippen molar-refractivity contribution >= 4 is 22.1 Å². The number of hydrogen-bond donors (Lipinski definition) is 1. The third-order valence-electron chi connectivity index (χ3n) is 3.15. The number of thiazole rings is 1. The van der Waals surface area contributed by atoms with E-state index in [1.165, 1.54) is 5.69 Å². The van der Waals surface area contributed by atoms with Gasteiger partial charge in [0.2, 0.25) is 0 Å². The van der Waals surface area contributed by atoms with Crippen LogP contribution in [0.3, 0.4) is 0 Å². The van der Waals surface area contributed by atoms with Crippen molar-refractivity contribution in [3.8, 4) is 0 Å². The molecule has 0 radical (unpaired) electrons. The first-order valence-corrected chi connectivity index (χ1v) is 7.47. The zero-order valence-electron chi connectivity index (χ0n) is 11.8. The van der Waals surface area contributed by atoms with Gasteiger partial charge in [0.05, 0.1) is 12.3 Å². The molecule has 2 N–H and O–H groups in total. The fourth-order valence-electron chi connectivity index (χ4n) is 2.22. The Hall–Kier alpha value is -1.11. The second-order valence-electron chi connectivity index (χ2n) is 4.76. The van der Waals surface area contributed by atoms with Gasteiger partial charge in [-0.15, -0.1) is 11.3 Å². The first-order chi connectivity index (χ1) is 9.19. The summed E-state index contributed by atoms with van der Waals surface area (Å²) in [6.07, 6.45) is 2.90. The number of hydrogen-bond acceptors (Lipinski definition) is 5. The Morgan fingerprint density at radius 1 is 1.53 bits per heavy atom. The highest BCUT2D eigenvalue weighted by Crippen LogP contribution is 2.26. The van der Waals surface area contributed by atoms with Gasteiger partial charge in [-0.3, -0.25) is 4.40 Å². The van der Waals surface area contributed by atoms with Gasteiger partial charge in [0.15, 0.2) is 10.8 Å². The summed E-state index contributed by atoms with van der Waals surface area (Å²) in [5.74, 6) is 1.05. The van der Waals surface area contributed by atoms with Gasteiger partial charge < -0.3 is 15.4 Å². The van der Waals surface area contributed by atoms with Crippen LogP contribution in [-0.4, -0.2) is 42.2 Å². The summed E-state index contributed by atoms with van der Waals surface area (Å²) in [6.45, 7) is 6.53. The van der Waals surface area contributed by atoms with Gasteiger partial charge in [-0.2, -0.15) is 0 Å². The molecule has 0 amide bonds. The van der Waals surface area contributed by atoms with Crippen LogP contribution in [0.4, 0.5) is 5.82 Å². The molecule has 0 aliphatic rings. The molecule has 0 aliphatic heterocycles. The molecule has 0 unspecified atom stereocenters. The molecular weight excluding hydrogens is 260 g/mol. The molecule has 6 heteroatoms. The lowest BCUT2D eigenvalue weighted by Gasteiger charge is -2.27. The van der Waals surface area contributed by atoms with Gasteiger partial charge in [0, 0.05) is 37.7 Å². The normalized spacial score (nSPS) is 11.6. The zero-order chi connectivity index (χ0) is 13.8. The van der Waals surface area contributed by atoms with E-state index < -0.39 is 0 Å². The van der Waals surface area contributed by atoms with Crippen molar-refractivity contribution in [2.75, 3.05) is 31.7 Å². The first kappa shape index (κ1) is 14.3.